The van der Waals surface area contributed by atoms with E-state index in [1.54, 1.807) is 0 Å². The first-order valence-electron chi connectivity index (χ1n) is 18.4. The molecule has 55 heavy (non-hydrogen) atoms. The Bertz CT molecular complexity index is 3230. The molecule has 0 radical (unpaired) electrons. The van der Waals surface area contributed by atoms with Gasteiger partial charge in [-0.3, -0.25) is 0 Å². The molecular weight excluding hydrogens is 675 g/mol. The molecule has 11 rings (SSSR count). The summed E-state index contributed by atoms with van der Waals surface area (Å²) in [5, 5.41) is 4.25. The second-order valence-corrected chi connectivity index (χ2v) is 13.9. The Labute approximate surface area is 316 Å². The second-order valence-electron chi connectivity index (χ2n) is 13.9. The van der Waals surface area contributed by atoms with Crippen molar-refractivity contribution in [3.63, 3.8) is 0 Å². The van der Waals surface area contributed by atoms with Gasteiger partial charge in [-0.1, -0.05) is 140 Å². The summed E-state index contributed by atoms with van der Waals surface area (Å²) in [6, 6.07) is 63.1. The van der Waals surface area contributed by atoms with E-state index in [1.165, 1.54) is 11.1 Å². The number of oxazole rings is 1. The number of benzene rings is 8. The fourth-order valence-electron chi connectivity index (χ4n) is 7.86. The Morgan fingerprint density at radius 3 is 1.84 bits per heavy atom. The van der Waals surface area contributed by atoms with Crippen LogP contribution >= 0.6 is 0 Å². The van der Waals surface area contributed by atoms with E-state index in [4.69, 9.17) is 18.2 Å². The molecule has 258 valence electrons. The zero-order valence-electron chi connectivity index (χ0n) is 29.6. The summed E-state index contributed by atoms with van der Waals surface area (Å²) in [5.41, 5.74) is 14.8. The zero-order chi connectivity index (χ0) is 36.3. The molecule has 0 saturated heterocycles. The lowest BCUT2D eigenvalue weighted by Gasteiger charge is -2.12. The normalized spacial score (nSPS) is 12.1. The molecular formula is C51H31NO3. The molecule has 0 N–H and O–H groups in total. The van der Waals surface area contributed by atoms with Gasteiger partial charge in [-0.2, -0.15) is 0 Å². The Hall–Kier alpha value is -7.43. The molecule has 0 bridgehead atoms. The lowest BCUT2D eigenvalue weighted by Crippen LogP contribution is -1.90. The first kappa shape index (κ1) is 31.1. The van der Waals surface area contributed by atoms with Crippen LogP contribution in [0.25, 0.3) is 100 Å². The van der Waals surface area contributed by atoms with Crippen LogP contribution in [0.5, 0.6) is 0 Å². The average Bonchev–Trinajstić information content (AvgIpc) is 3.97. The maximum Gasteiger partial charge on any atom is 0.227 e. The number of rotatable bonds is 6. The van der Waals surface area contributed by atoms with Crippen LogP contribution < -0.4 is 0 Å². The van der Waals surface area contributed by atoms with Crippen LogP contribution in [-0.4, -0.2) is 4.98 Å². The van der Waals surface area contributed by atoms with Crippen LogP contribution in [0.2, 0.25) is 0 Å². The van der Waals surface area contributed by atoms with Gasteiger partial charge in [0.1, 0.15) is 27.8 Å². The van der Waals surface area contributed by atoms with E-state index in [1.807, 2.05) is 48.5 Å². The molecule has 3 heterocycles. The van der Waals surface area contributed by atoms with Crippen molar-refractivity contribution in [3.05, 3.63) is 199 Å². The molecule has 4 nitrogen and oxygen atoms in total. The Kier molecular flexibility index (Phi) is 7.14. The first-order chi connectivity index (χ1) is 27.2. The average molecular weight is 706 g/mol. The standard InChI is InChI=1S/C51H31NO3/c1-2-11-33(12-3-1)34-20-22-35(23-21-34)43(31-32-10-8-13-38(30-32)39-16-9-17-41-40-14-4-6-18-44(40)54-50(39)41)36-24-26-37(27-25-36)51-52-49-47(55-51)29-28-46-48(49)42-15-5-7-19-45(42)53-46/h1-31H/b43-31+. The van der Waals surface area contributed by atoms with Crippen LogP contribution in [0.1, 0.15) is 16.7 Å². The summed E-state index contributed by atoms with van der Waals surface area (Å²) in [6.45, 7) is 0. The Morgan fingerprint density at radius 1 is 0.418 bits per heavy atom. The molecule has 0 saturated carbocycles. The third-order valence-corrected chi connectivity index (χ3v) is 10.6. The minimum Gasteiger partial charge on any atom is -0.456 e. The van der Waals surface area contributed by atoms with Gasteiger partial charge >= 0.3 is 0 Å². The van der Waals surface area contributed by atoms with Gasteiger partial charge in [-0.05, 0) is 87.5 Å². The van der Waals surface area contributed by atoms with Crippen molar-refractivity contribution in [3.8, 4) is 33.7 Å². The molecule has 0 atom stereocenters. The van der Waals surface area contributed by atoms with Crippen LogP contribution in [0.3, 0.4) is 0 Å². The van der Waals surface area contributed by atoms with Crippen LogP contribution in [0.4, 0.5) is 0 Å². The van der Waals surface area contributed by atoms with E-state index in [0.717, 1.165) is 93.9 Å². The third-order valence-electron chi connectivity index (χ3n) is 10.6. The van der Waals surface area contributed by atoms with Gasteiger partial charge in [0, 0.05) is 27.3 Å². The summed E-state index contributed by atoms with van der Waals surface area (Å²) >= 11 is 0. The molecule has 3 aromatic heterocycles. The van der Waals surface area contributed by atoms with Crippen molar-refractivity contribution in [2.24, 2.45) is 0 Å². The highest BCUT2D eigenvalue weighted by atomic mass is 16.4. The summed E-state index contributed by atoms with van der Waals surface area (Å²) in [7, 11) is 0. The van der Waals surface area contributed by atoms with Gasteiger partial charge in [0.25, 0.3) is 0 Å². The zero-order valence-corrected chi connectivity index (χ0v) is 29.6. The Balaban J connectivity index is 1.01. The second kappa shape index (κ2) is 12.6. The van der Waals surface area contributed by atoms with Gasteiger partial charge in [0.05, 0.1) is 5.39 Å². The SMILES string of the molecule is C(=C(/c1ccc(-c2ccccc2)cc1)c1ccc(-c2nc3c(ccc4oc5ccccc5c43)o2)cc1)/c1cccc(-c2cccc3c2oc2ccccc23)c1. The summed E-state index contributed by atoms with van der Waals surface area (Å²) in [4.78, 5) is 5.00. The van der Waals surface area contributed by atoms with Crippen molar-refractivity contribution in [1.82, 2.24) is 4.98 Å². The van der Waals surface area contributed by atoms with E-state index in [2.05, 4.69) is 140 Å². The lowest BCUT2D eigenvalue weighted by molar-refractivity contribution is 0.619. The van der Waals surface area contributed by atoms with Gasteiger partial charge in [-0.15, -0.1) is 0 Å². The molecule has 0 aliphatic carbocycles. The highest BCUT2D eigenvalue weighted by Crippen LogP contribution is 2.39. The topological polar surface area (TPSA) is 52.3 Å². The molecule has 11 aromatic rings. The fraction of sp³-hybridized carbons (Fsp3) is 0. The number of aromatic nitrogens is 1. The van der Waals surface area contributed by atoms with Crippen molar-refractivity contribution in [1.29, 1.82) is 0 Å². The first-order valence-corrected chi connectivity index (χ1v) is 18.4. The minimum atomic E-state index is 0.574. The monoisotopic (exact) mass is 705 g/mol. The van der Waals surface area contributed by atoms with E-state index < -0.39 is 0 Å². The molecule has 4 heteroatoms. The molecule has 0 unspecified atom stereocenters. The quantitative estimate of drug-likeness (QED) is 0.162. The predicted octanol–water partition coefficient (Wildman–Crippen LogP) is 14.2. The summed E-state index contributed by atoms with van der Waals surface area (Å²) in [6.07, 6.45) is 2.27. The molecule has 0 fully saturated rings. The smallest absolute Gasteiger partial charge is 0.227 e. The summed E-state index contributed by atoms with van der Waals surface area (Å²) in [5.74, 6) is 0.574. The fourth-order valence-corrected chi connectivity index (χ4v) is 7.86. The van der Waals surface area contributed by atoms with Crippen molar-refractivity contribution in [2.75, 3.05) is 0 Å². The predicted molar refractivity (Wildman–Crippen MR) is 225 cm³/mol. The highest BCUT2D eigenvalue weighted by Gasteiger charge is 2.17. The maximum absolute atomic E-state index is 6.42. The number of fused-ring (bicyclic) bond motifs is 8. The molecule has 0 aliphatic rings. The maximum atomic E-state index is 6.42. The van der Waals surface area contributed by atoms with E-state index in [0.29, 0.717) is 5.89 Å². The minimum absolute atomic E-state index is 0.574. The van der Waals surface area contributed by atoms with Crippen molar-refractivity contribution >= 4 is 66.6 Å². The van der Waals surface area contributed by atoms with Gasteiger partial charge in [-0.25, -0.2) is 4.98 Å². The molecule has 0 aliphatic heterocycles. The highest BCUT2D eigenvalue weighted by molar-refractivity contribution is 6.16. The Morgan fingerprint density at radius 2 is 1.04 bits per heavy atom. The van der Waals surface area contributed by atoms with Crippen molar-refractivity contribution in [2.45, 2.75) is 0 Å². The van der Waals surface area contributed by atoms with Crippen LogP contribution in [0, 0.1) is 0 Å². The van der Waals surface area contributed by atoms with Gasteiger partial charge in [0.2, 0.25) is 5.89 Å². The molecule has 0 amide bonds. The number of para-hydroxylation sites is 3. The van der Waals surface area contributed by atoms with Gasteiger partial charge in [0.15, 0.2) is 5.58 Å². The van der Waals surface area contributed by atoms with Crippen LogP contribution in [0.15, 0.2) is 195 Å². The largest absolute Gasteiger partial charge is 0.456 e. The van der Waals surface area contributed by atoms with Crippen LogP contribution in [-0.2, 0) is 0 Å². The number of hydrogen-bond donors (Lipinski definition) is 0. The molecule has 8 aromatic carbocycles. The van der Waals surface area contributed by atoms with E-state index in [-0.39, 0.29) is 0 Å². The molecule has 0 spiro atoms. The number of nitrogens with zero attached hydrogens (tertiary/aromatic N) is 1. The number of furan rings is 2. The summed E-state index contributed by atoms with van der Waals surface area (Å²) < 4.78 is 18.9. The lowest BCUT2D eigenvalue weighted by atomic mass is 9.92. The number of hydrogen-bond acceptors (Lipinski definition) is 4. The van der Waals surface area contributed by atoms with Gasteiger partial charge < -0.3 is 13.3 Å². The third kappa shape index (κ3) is 5.34. The van der Waals surface area contributed by atoms with Crippen molar-refractivity contribution < 1.29 is 13.3 Å². The van der Waals surface area contributed by atoms with E-state index >= 15 is 0 Å². The van der Waals surface area contributed by atoms with E-state index in [9.17, 15) is 0 Å².